The van der Waals surface area contributed by atoms with Gasteiger partial charge in [0.1, 0.15) is 11.5 Å². The summed E-state index contributed by atoms with van der Waals surface area (Å²) in [5.74, 6) is 1.21. The second-order valence-corrected chi connectivity index (χ2v) is 7.43. The molecule has 8 nitrogen and oxygen atoms in total. The number of hydrogen-bond donors (Lipinski definition) is 2. The number of H-pyrrole nitrogens is 2. The third-order valence-electron chi connectivity index (χ3n) is 3.59. The minimum Gasteiger partial charge on any atom is -0.465 e. The molecule has 2 N–H and O–H groups in total. The van der Waals surface area contributed by atoms with Gasteiger partial charge in [-0.3, -0.25) is 9.78 Å². The van der Waals surface area contributed by atoms with E-state index in [0.717, 1.165) is 4.31 Å². The molecule has 0 fully saturated rings. The molecule has 0 unspecified atom stereocenters. The number of fused-ring (bicyclic) bond motifs is 1. The largest absolute Gasteiger partial charge is 0.465 e. The van der Waals surface area contributed by atoms with Crippen LogP contribution in [-0.4, -0.2) is 29.7 Å². The van der Waals surface area contributed by atoms with Crippen molar-refractivity contribution in [3.63, 3.8) is 0 Å². The number of benzene rings is 1. The Labute approximate surface area is 136 Å². The summed E-state index contributed by atoms with van der Waals surface area (Å²) in [4.78, 5) is 27.6. The average Bonchev–Trinajstić information content (AvgIpc) is 2.91. The lowest BCUT2D eigenvalue weighted by Crippen LogP contribution is -2.27. The van der Waals surface area contributed by atoms with Gasteiger partial charge in [0.2, 0.25) is 10.0 Å². The second kappa shape index (κ2) is 5.77. The highest BCUT2D eigenvalue weighted by atomic mass is 32.2. The van der Waals surface area contributed by atoms with Crippen LogP contribution in [0.15, 0.2) is 49.2 Å². The fourth-order valence-electron chi connectivity index (χ4n) is 2.36. The molecule has 0 atom stereocenters. The average molecular weight is 349 g/mol. The monoisotopic (exact) mass is 349 g/mol. The highest BCUT2D eigenvalue weighted by molar-refractivity contribution is 7.89. The third kappa shape index (κ3) is 2.91. The van der Waals surface area contributed by atoms with Crippen molar-refractivity contribution in [3.05, 3.63) is 62.7 Å². The molecule has 0 saturated heterocycles. The molecule has 0 spiro atoms. The SMILES string of the molecule is Cc1ccc(CN(C)S(=O)(=O)c2ccc3[nH]c(=O)[nH]c(=O)c3c2)o1. The summed E-state index contributed by atoms with van der Waals surface area (Å²) in [7, 11) is -2.39. The predicted octanol–water partition coefficient (Wildman–Crippen LogP) is 0.939. The summed E-state index contributed by atoms with van der Waals surface area (Å²) >= 11 is 0. The molecule has 3 aromatic rings. The standard InChI is InChI=1S/C15H15N3O5S/c1-9-3-4-10(23-9)8-18(2)24(21,22)11-5-6-13-12(7-11)14(19)17-15(20)16-13/h3-7H,8H2,1-2H3,(H2,16,17,19,20). The lowest BCUT2D eigenvalue weighted by Gasteiger charge is -2.16. The summed E-state index contributed by atoms with van der Waals surface area (Å²) in [6, 6.07) is 7.43. The van der Waals surface area contributed by atoms with E-state index in [2.05, 4.69) is 9.97 Å². The van der Waals surface area contributed by atoms with Crippen LogP contribution in [0, 0.1) is 6.92 Å². The van der Waals surface area contributed by atoms with Crippen LogP contribution in [-0.2, 0) is 16.6 Å². The maximum absolute atomic E-state index is 12.7. The molecular weight excluding hydrogens is 334 g/mol. The Morgan fingerprint density at radius 3 is 2.54 bits per heavy atom. The molecule has 2 heterocycles. The first-order chi connectivity index (χ1) is 11.3. The van der Waals surface area contributed by atoms with Crippen molar-refractivity contribution < 1.29 is 12.8 Å². The van der Waals surface area contributed by atoms with E-state index in [0.29, 0.717) is 11.5 Å². The third-order valence-corrected chi connectivity index (χ3v) is 5.39. The molecule has 24 heavy (non-hydrogen) atoms. The molecule has 1 aromatic carbocycles. The Kier molecular flexibility index (Phi) is 3.90. The number of aryl methyl sites for hydroxylation is 1. The number of nitrogens with one attached hydrogen (secondary N) is 2. The number of nitrogens with zero attached hydrogens (tertiary/aromatic N) is 1. The topological polar surface area (TPSA) is 116 Å². The van der Waals surface area contributed by atoms with Crippen molar-refractivity contribution in [2.24, 2.45) is 0 Å². The number of furan rings is 1. The molecule has 0 aliphatic heterocycles. The Balaban J connectivity index is 2.01. The van der Waals surface area contributed by atoms with Crippen LogP contribution in [0.5, 0.6) is 0 Å². The molecule has 0 radical (unpaired) electrons. The molecule has 0 bridgehead atoms. The fourth-order valence-corrected chi connectivity index (χ4v) is 3.52. The molecule has 9 heteroatoms. The van der Waals surface area contributed by atoms with Crippen LogP contribution < -0.4 is 11.2 Å². The summed E-state index contributed by atoms with van der Waals surface area (Å²) in [5, 5.41) is 0.0953. The van der Waals surface area contributed by atoms with Crippen molar-refractivity contribution in [2.45, 2.75) is 18.4 Å². The number of aromatic nitrogens is 2. The van der Waals surface area contributed by atoms with Gasteiger partial charge in [-0.15, -0.1) is 0 Å². The van der Waals surface area contributed by atoms with Crippen molar-refractivity contribution in [1.82, 2.24) is 14.3 Å². The molecule has 126 valence electrons. The predicted molar refractivity (Wildman–Crippen MR) is 87.3 cm³/mol. The van der Waals surface area contributed by atoms with Crippen molar-refractivity contribution in [2.75, 3.05) is 7.05 Å². The molecule has 0 aliphatic carbocycles. The fraction of sp³-hybridized carbons (Fsp3) is 0.200. The first kappa shape index (κ1) is 16.2. The zero-order chi connectivity index (χ0) is 17.5. The van der Waals surface area contributed by atoms with Crippen molar-refractivity contribution >= 4 is 20.9 Å². The number of sulfonamides is 1. The van der Waals surface area contributed by atoms with E-state index in [1.165, 1.54) is 25.2 Å². The van der Waals surface area contributed by atoms with Gasteiger partial charge in [-0.1, -0.05) is 0 Å². The van der Waals surface area contributed by atoms with Crippen LogP contribution in [0.25, 0.3) is 10.9 Å². The summed E-state index contributed by atoms with van der Waals surface area (Å²) in [5.41, 5.74) is -1.02. The highest BCUT2D eigenvalue weighted by Gasteiger charge is 2.22. The minimum absolute atomic E-state index is 0.0432. The van der Waals surface area contributed by atoms with Gasteiger partial charge in [-0.25, -0.2) is 13.2 Å². The molecule has 3 rings (SSSR count). The normalized spacial score (nSPS) is 12.1. The molecule has 0 aliphatic rings. The number of hydrogen-bond acceptors (Lipinski definition) is 5. The maximum atomic E-state index is 12.7. The summed E-state index contributed by atoms with van der Waals surface area (Å²) in [6.45, 7) is 1.84. The van der Waals surface area contributed by atoms with Gasteiger partial charge in [0, 0.05) is 7.05 Å². The first-order valence-electron chi connectivity index (χ1n) is 7.05. The number of aromatic amines is 2. The van der Waals surface area contributed by atoms with E-state index in [-0.39, 0.29) is 22.3 Å². The van der Waals surface area contributed by atoms with E-state index in [4.69, 9.17) is 4.42 Å². The smallest absolute Gasteiger partial charge is 0.326 e. The van der Waals surface area contributed by atoms with Gasteiger partial charge in [0.05, 0.1) is 22.3 Å². The van der Waals surface area contributed by atoms with E-state index in [1.54, 1.807) is 19.1 Å². The quantitative estimate of drug-likeness (QED) is 0.727. The van der Waals surface area contributed by atoms with E-state index in [9.17, 15) is 18.0 Å². The minimum atomic E-state index is -3.82. The Bertz CT molecular complexity index is 1120. The summed E-state index contributed by atoms with van der Waals surface area (Å²) < 4.78 is 31.8. The van der Waals surface area contributed by atoms with Gasteiger partial charge in [-0.05, 0) is 37.3 Å². The number of rotatable bonds is 4. The van der Waals surface area contributed by atoms with Crippen LogP contribution in [0.3, 0.4) is 0 Å². The van der Waals surface area contributed by atoms with Gasteiger partial charge < -0.3 is 9.40 Å². The van der Waals surface area contributed by atoms with Crippen LogP contribution in [0.4, 0.5) is 0 Å². The first-order valence-corrected chi connectivity index (χ1v) is 8.49. The summed E-state index contributed by atoms with van der Waals surface area (Å²) in [6.07, 6.45) is 0. The zero-order valence-corrected chi connectivity index (χ0v) is 13.8. The lowest BCUT2D eigenvalue weighted by molar-refractivity contribution is 0.397. The second-order valence-electron chi connectivity index (χ2n) is 5.39. The zero-order valence-electron chi connectivity index (χ0n) is 13.0. The van der Waals surface area contributed by atoms with E-state index in [1.807, 2.05) is 0 Å². The van der Waals surface area contributed by atoms with Crippen molar-refractivity contribution in [3.8, 4) is 0 Å². The van der Waals surface area contributed by atoms with E-state index >= 15 is 0 Å². The van der Waals surface area contributed by atoms with Crippen LogP contribution in [0.2, 0.25) is 0 Å². The van der Waals surface area contributed by atoms with Gasteiger partial charge in [0.25, 0.3) is 5.56 Å². The van der Waals surface area contributed by atoms with Crippen LogP contribution >= 0.6 is 0 Å². The molecule has 2 aromatic heterocycles. The van der Waals surface area contributed by atoms with E-state index < -0.39 is 21.3 Å². The Hall–Kier alpha value is -2.65. The molecule has 0 amide bonds. The lowest BCUT2D eigenvalue weighted by atomic mass is 10.2. The van der Waals surface area contributed by atoms with Gasteiger partial charge in [0.15, 0.2) is 0 Å². The van der Waals surface area contributed by atoms with Crippen LogP contribution in [0.1, 0.15) is 11.5 Å². The maximum Gasteiger partial charge on any atom is 0.326 e. The molecular formula is C15H15N3O5S. The van der Waals surface area contributed by atoms with Gasteiger partial charge in [-0.2, -0.15) is 4.31 Å². The van der Waals surface area contributed by atoms with Crippen molar-refractivity contribution in [1.29, 1.82) is 0 Å². The highest BCUT2D eigenvalue weighted by Crippen LogP contribution is 2.20. The Morgan fingerprint density at radius 1 is 1.12 bits per heavy atom. The van der Waals surface area contributed by atoms with Gasteiger partial charge >= 0.3 is 5.69 Å². The Morgan fingerprint density at radius 2 is 1.88 bits per heavy atom. The molecule has 0 saturated carbocycles.